The van der Waals surface area contributed by atoms with Gasteiger partial charge in [-0.15, -0.1) is 0 Å². The normalized spacial score (nSPS) is 22.5. The van der Waals surface area contributed by atoms with Crippen LogP contribution in [0.15, 0.2) is 29.2 Å². The molecule has 0 radical (unpaired) electrons. The predicted octanol–water partition coefficient (Wildman–Crippen LogP) is 2.47. The number of carbonyl (C=O) groups is 1. The Morgan fingerprint density at radius 1 is 1.04 bits per heavy atom. The van der Waals surface area contributed by atoms with Crippen molar-refractivity contribution in [2.24, 2.45) is 0 Å². The number of hydrogen-bond acceptors (Lipinski definition) is 4. The maximum atomic E-state index is 12.8. The van der Waals surface area contributed by atoms with Gasteiger partial charge < -0.3 is 5.32 Å². The maximum Gasteiger partial charge on any atom is 0.251 e. The lowest BCUT2D eigenvalue weighted by atomic mass is 10.2. The molecule has 2 aliphatic heterocycles. The molecular weight excluding hydrogens is 362 g/mol. The van der Waals surface area contributed by atoms with E-state index in [1.54, 1.807) is 28.6 Å². The molecule has 2 saturated heterocycles. The minimum Gasteiger partial charge on any atom is -0.350 e. The first kappa shape index (κ1) is 20.3. The first-order valence-electron chi connectivity index (χ1n) is 10.1. The molecule has 150 valence electrons. The molecule has 0 aromatic heterocycles. The van der Waals surface area contributed by atoms with Crippen molar-refractivity contribution in [3.05, 3.63) is 29.8 Å². The van der Waals surface area contributed by atoms with Gasteiger partial charge in [0, 0.05) is 31.2 Å². The standard InChI is InChI=1S/C20H31N3O3S/c1-2-22-13-7-8-18(22)16-21-20(24)17-9-11-19(12-10-17)27(25,26)23-14-5-3-4-6-15-23/h9-12,18H,2-8,13-16H2,1H3,(H,21,24)/t18-/m0/s1. The molecular formula is C20H31N3O3S. The van der Waals surface area contributed by atoms with Gasteiger partial charge >= 0.3 is 0 Å². The van der Waals surface area contributed by atoms with Crippen LogP contribution in [-0.4, -0.2) is 62.3 Å². The summed E-state index contributed by atoms with van der Waals surface area (Å²) in [5, 5.41) is 2.99. The molecule has 1 aromatic rings. The van der Waals surface area contributed by atoms with Crippen LogP contribution in [0, 0.1) is 0 Å². The van der Waals surface area contributed by atoms with Crippen molar-refractivity contribution in [1.82, 2.24) is 14.5 Å². The van der Waals surface area contributed by atoms with Gasteiger partial charge in [0.25, 0.3) is 5.91 Å². The molecule has 0 unspecified atom stereocenters. The third-order valence-corrected chi connectivity index (χ3v) is 7.64. The van der Waals surface area contributed by atoms with E-state index in [9.17, 15) is 13.2 Å². The number of benzene rings is 1. The quantitative estimate of drug-likeness (QED) is 0.806. The fraction of sp³-hybridized carbons (Fsp3) is 0.650. The highest BCUT2D eigenvalue weighted by Crippen LogP contribution is 2.21. The van der Waals surface area contributed by atoms with Crippen molar-refractivity contribution in [2.75, 3.05) is 32.7 Å². The Labute approximate surface area is 163 Å². The second kappa shape index (κ2) is 9.17. The second-order valence-corrected chi connectivity index (χ2v) is 9.42. The Hall–Kier alpha value is -1.44. The van der Waals surface area contributed by atoms with Gasteiger partial charge in [-0.25, -0.2) is 8.42 Å². The summed E-state index contributed by atoms with van der Waals surface area (Å²) < 4.78 is 27.2. The highest BCUT2D eigenvalue weighted by Gasteiger charge is 2.26. The number of likely N-dealkylation sites (tertiary alicyclic amines) is 1. The largest absolute Gasteiger partial charge is 0.350 e. The van der Waals surface area contributed by atoms with Gasteiger partial charge in [-0.1, -0.05) is 19.8 Å². The number of hydrogen-bond donors (Lipinski definition) is 1. The average molecular weight is 394 g/mol. The monoisotopic (exact) mass is 393 g/mol. The summed E-state index contributed by atoms with van der Waals surface area (Å²) in [7, 11) is -3.47. The number of nitrogens with zero attached hydrogens (tertiary/aromatic N) is 2. The lowest BCUT2D eigenvalue weighted by molar-refractivity contribution is 0.0941. The molecule has 27 heavy (non-hydrogen) atoms. The molecule has 1 atom stereocenters. The van der Waals surface area contributed by atoms with Gasteiger partial charge in [0.2, 0.25) is 10.0 Å². The fourth-order valence-electron chi connectivity index (χ4n) is 4.06. The molecule has 1 amide bonds. The van der Waals surface area contributed by atoms with Crippen molar-refractivity contribution < 1.29 is 13.2 Å². The Balaban J connectivity index is 1.61. The summed E-state index contributed by atoms with van der Waals surface area (Å²) >= 11 is 0. The van der Waals surface area contributed by atoms with Gasteiger partial charge in [-0.2, -0.15) is 4.31 Å². The van der Waals surface area contributed by atoms with E-state index in [0.29, 0.717) is 31.2 Å². The van der Waals surface area contributed by atoms with Gasteiger partial charge in [0.15, 0.2) is 0 Å². The second-order valence-electron chi connectivity index (χ2n) is 7.48. The van der Waals surface area contributed by atoms with Gasteiger partial charge in [0.05, 0.1) is 4.90 Å². The first-order chi connectivity index (χ1) is 13.0. The molecule has 0 saturated carbocycles. The van der Waals surface area contributed by atoms with Crippen LogP contribution in [0.5, 0.6) is 0 Å². The number of nitrogens with one attached hydrogen (secondary N) is 1. The fourth-order valence-corrected chi connectivity index (χ4v) is 5.58. The van der Waals surface area contributed by atoms with Crippen molar-refractivity contribution in [2.45, 2.75) is 56.4 Å². The molecule has 1 aromatic carbocycles. The van der Waals surface area contributed by atoms with Crippen molar-refractivity contribution in [3.8, 4) is 0 Å². The molecule has 2 heterocycles. The summed E-state index contributed by atoms with van der Waals surface area (Å²) in [5.41, 5.74) is 0.505. The van der Waals surface area contributed by atoms with Crippen LogP contribution in [0.2, 0.25) is 0 Å². The minimum absolute atomic E-state index is 0.142. The Morgan fingerprint density at radius 2 is 1.70 bits per heavy atom. The minimum atomic E-state index is -3.47. The maximum absolute atomic E-state index is 12.8. The van der Waals surface area contributed by atoms with E-state index >= 15 is 0 Å². The van der Waals surface area contributed by atoms with Crippen LogP contribution in [0.1, 0.15) is 55.8 Å². The van der Waals surface area contributed by atoms with Gasteiger partial charge in [-0.05, 0) is 63.0 Å². The Kier molecular flexibility index (Phi) is 6.89. The third kappa shape index (κ3) is 4.89. The molecule has 0 aliphatic carbocycles. The molecule has 1 N–H and O–H groups in total. The lowest BCUT2D eigenvalue weighted by Crippen LogP contribution is -2.40. The van der Waals surface area contributed by atoms with E-state index in [0.717, 1.165) is 45.2 Å². The van der Waals surface area contributed by atoms with E-state index in [1.807, 2.05) is 0 Å². The molecule has 7 heteroatoms. The summed E-state index contributed by atoms with van der Waals surface area (Å²) in [4.78, 5) is 15.1. The molecule has 2 fully saturated rings. The van der Waals surface area contributed by atoms with E-state index in [4.69, 9.17) is 0 Å². The van der Waals surface area contributed by atoms with Crippen LogP contribution in [0.4, 0.5) is 0 Å². The van der Waals surface area contributed by atoms with Crippen molar-refractivity contribution in [3.63, 3.8) is 0 Å². The number of carbonyl (C=O) groups excluding carboxylic acids is 1. The number of sulfonamides is 1. The zero-order chi connectivity index (χ0) is 19.3. The van der Waals surface area contributed by atoms with Crippen molar-refractivity contribution >= 4 is 15.9 Å². The summed E-state index contributed by atoms with van der Waals surface area (Å²) in [6.45, 7) is 6.05. The predicted molar refractivity (Wildman–Crippen MR) is 106 cm³/mol. The highest BCUT2D eigenvalue weighted by molar-refractivity contribution is 7.89. The topological polar surface area (TPSA) is 69.7 Å². The molecule has 6 nitrogen and oxygen atoms in total. The zero-order valence-corrected chi connectivity index (χ0v) is 17.0. The highest BCUT2D eigenvalue weighted by atomic mass is 32.2. The average Bonchev–Trinajstić information content (AvgIpc) is 2.95. The van der Waals surface area contributed by atoms with Crippen molar-refractivity contribution in [1.29, 1.82) is 0 Å². The van der Waals surface area contributed by atoms with Crippen LogP contribution in [-0.2, 0) is 10.0 Å². The molecule has 2 aliphatic rings. The van der Waals surface area contributed by atoms with E-state index in [-0.39, 0.29) is 10.8 Å². The summed E-state index contributed by atoms with van der Waals surface area (Å²) in [6, 6.07) is 6.76. The van der Waals surface area contributed by atoms with E-state index in [1.165, 1.54) is 6.42 Å². The first-order valence-corrected chi connectivity index (χ1v) is 11.6. The number of amides is 1. The third-order valence-electron chi connectivity index (χ3n) is 5.72. The molecule has 0 spiro atoms. The van der Waals surface area contributed by atoms with E-state index in [2.05, 4.69) is 17.1 Å². The smallest absolute Gasteiger partial charge is 0.251 e. The lowest BCUT2D eigenvalue weighted by Gasteiger charge is -2.23. The van der Waals surface area contributed by atoms with Crippen LogP contribution in [0.25, 0.3) is 0 Å². The summed E-state index contributed by atoms with van der Waals surface area (Å²) in [5.74, 6) is -0.142. The Morgan fingerprint density at radius 3 is 2.33 bits per heavy atom. The molecule has 0 bridgehead atoms. The number of rotatable bonds is 6. The van der Waals surface area contributed by atoms with Gasteiger partial charge in [-0.3, -0.25) is 9.69 Å². The van der Waals surface area contributed by atoms with Gasteiger partial charge in [0.1, 0.15) is 0 Å². The van der Waals surface area contributed by atoms with E-state index < -0.39 is 10.0 Å². The summed E-state index contributed by atoms with van der Waals surface area (Å²) in [6.07, 6.45) is 6.28. The van der Waals surface area contributed by atoms with Crippen LogP contribution >= 0.6 is 0 Å². The molecule has 3 rings (SSSR count). The van der Waals surface area contributed by atoms with Crippen LogP contribution < -0.4 is 5.32 Å². The Bertz CT molecular complexity index is 725. The van der Waals surface area contributed by atoms with Crippen LogP contribution in [0.3, 0.4) is 0 Å². The number of likely N-dealkylation sites (N-methyl/N-ethyl adjacent to an activating group) is 1. The SMILES string of the molecule is CCN1CCC[C@H]1CNC(=O)c1ccc(S(=O)(=O)N2CCCCCC2)cc1. The zero-order valence-electron chi connectivity index (χ0n) is 16.2.